The molecule has 124 valence electrons. The lowest BCUT2D eigenvalue weighted by molar-refractivity contribution is -0.00325. The summed E-state index contributed by atoms with van der Waals surface area (Å²) >= 11 is 0. The van der Waals surface area contributed by atoms with Crippen molar-refractivity contribution in [1.29, 1.82) is 0 Å². The monoisotopic (exact) mass is 302 g/mol. The van der Waals surface area contributed by atoms with Gasteiger partial charge in [-0.3, -0.25) is 0 Å². The van der Waals surface area contributed by atoms with Crippen LogP contribution in [-0.4, -0.2) is 64.6 Å². The highest BCUT2D eigenvalue weighted by Gasteiger charge is 1.91. The number of hydrogen-bond acceptors (Lipinski definition) is 5. The van der Waals surface area contributed by atoms with Crippen LogP contribution in [0.3, 0.4) is 0 Å². The van der Waals surface area contributed by atoms with Gasteiger partial charge in [0.2, 0.25) is 0 Å². The summed E-state index contributed by atoms with van der Waals surface area (Å²) in [4.78, 5) is 0. The largest absolute Gasteiger partial charge is 0.394 e. The van der Waals surface area contributed by atoms with Gasteiger partial charge in [-0.1, -0.05) is 18.2 Å². The SMILES string of the molecule is C=CCCC/C=C/COCCOCCOCCOCCO. The molecule has 0 rings (SSSR count). The van der Waals surface area contributed by atoms with E-state index in [1.54, 1.807) is 0 Å². The number of aliphatic hydroxyl groups is 1. The fourth-order valence-corrected chi connectivity index (χ4v) is 1.44. The molecule has 0 aromatic rings. The minimum absolute atomic E-state index is 0.0487. The molecule has 0 heterocycles. The average molecular weight is 302 g/mol. The van der Waals surface area contributed by atoms with Crippen molar-refractivity contribution in [2.45, 2.75) is 19.3 Å². The van der Waals surface area contributed by atoms with Gasteiger partial charge in [0.25, 0.3) is 0 Å². The van der Waals surface area contributed by atoms with Crippen molar-refractivity contribution >= 4 is 0 Å². The molecule has 0 aromatic heterocycles. The van der Waals surface area contributed by atoms with E-state index in [1.165, 1.54) is 0 Å². The molecule has 0 amide bonds. The zero-order valence-electron chi connectivity index (χ0n) is 13.0. The van der Waals surface area contributed by atoms with Gasteiger partial charge in [-0.2, -0.15) is 0 Å². The van der Waals surface area contributed by atoms with E-state index in [0.717, 1.165) is 19.3 Å². The predicted molar refractivity (Wildman–Crippen MR) is 83.5 cm³/mol. The second-order valence-electron chi connectivity index (χ2n) is 4.33. The van der Waals surface area contributed by atoms with Crippen molar-refractivity contribution < 1.29 is 24.1 Å². The van der Waals surface area contributed by atoms with Gasteiger partial charge in [-0.25, -0.2) is 0 Å². The Hall–Kier alpha value is -0.720. The number of ether oxygens (including phenoxy) is 4. The van der Waals surface area contributed by atoms with Crippen LogP contribution in [-0.2, 0) is 18.9 Å². The van der Waals surface area contributed by atoms with E-state index in [0.29, 0.717) is 52.9 Å². The van der Waals surface area contributed by atoms with Crippen molar-refractivity contribution in [3.63, 3.8) is 0 Å². The van der Waals surface area contributed by atoms with Crippen LogP contribution in [0, 0.1) is 0 Å². The first kappa shape index (κ1) is 20.3. The number of unbranched alkanes of at least 4 members (excludes halogenated alkanes) is 2. The molecule has 0 spiro atoms. The van der Waals surface area contributed by atoms with Gasteiger partial charge in [0.1, 0.15) is 0 Å². The summed E-state index contributed by atoms with van der Waals surface area (Å²) in [5.74, 6) is 0. The van der Waals surface area contributed by atoms with Crippen molar-refractivity contribution in [3.8, 4) is 0 Å². The third kappa shape index (κ3) is 19.3. The Kier molecular flexibility index (Phi) is 18.6. The van der Waals surface area contributed by atoms with Crippen molar-refractivity contribution in [3.05, 3.63) is 24.8 Å². The molecule has 5 nitrogen and oxygen atoms in total. The first-order valence-electron chi connectivity index (χ1n) is 7.59. The minimum Gasteiger partial charge on any atom is -0.394 e. The maximum Gasteiger partial charge on any atom is 0.0704 e. The molecule has 0 fully saturated rings. The molecular formula is C16H30O5. The highest BCUT2D eigenvalue weighted by Crippen LogP contribution is 1.96. The summed E-state index contributed by atoms with van der Waals surface area (Å²) in [6.45, 7) is 8.03. The second-order valence-corrected chi connectivity index (χ2v) is 4.33. The highest BCUT2D eigenvalue weighted by molar-refractivity contribution is 4.82. The van der Waals surface area contributed by atoms with Gasteiger partial charge >= 0.3 is 0 Å². The van der Waals surface area contributed by atoms with Crippen LogP contribution >= 0.6 is 0 Å². The van der Waals surface area contributed by atoms with Gasteiger partial charge in [0, 0.05) is 0 Å². The van der Waals surface area contributed by atoms with Crippen LogP contribution in [0.5, 0.6) is 0 Å². The van der Waals surface area contributed by atoms with E-state index in [-0.39, 0.29) is 6.61 Å². The molecule has 0 aliphatic heterocycles. The quantitative estimate of drug-likeness (QED) is 0.329. The number of rotatable bonds is 17. The summed E-state index contributed by atoms with van der Waals surface area (Å²) in [6, 6.07) is 0. The normalized spacial score (nSPS) is 11.3. The Balaban J connectivity index is 3.00. The molecule has 0 aliphatic carbocycles. The molecule has 0 atom stereocenters. The van der Waals surface area contributed by atoms with Gasteiger partial charge in [0.05, 0.1) is 59.5 Å². The molecule has 0 aliphatic rings. The maximum atomic E-state index is 8.49. The third-order valence-electron chi connectivity index (χ3n) is 2.51. The summed E-state index contributed by atoms with van der Waals surface area (Å²) in [5.41, 5.74) is 0. The van der Waals surface area contributed by atoms with Crippen LogP contribution in [0.4, 0.5) is 0 Å². The van der Waals surface area contributed by atoms with E-state index in [1.807, 2.05) is 12.2 Å². The summed E-state index contributed by atoms with van der Waals surface area (Å²) in [7, 11) is 0. The molecule has 0 saturated heterocycles. The van der Waals surface area contributed by atoms with E-state index in [2.05, 4.69) is 12.7 Å². The van der Waals surface area contributed by atoms with E-state index >= 15 is 0 Å². The maximum absolute atomic E-state index is 8.49. The molecule has 0 bridgehead atoms. The van der Waals surface area contributed by atoms with E-state index in [4.69, 9.17) is 24.1 Å². The zero-order chi connectivity index (χ0) is 15.4. The lowest BCUT2D eigenvalue weighted by atomic mass is 10.2. The molecule has 0 aromatic carbocycles. The standard InChI is InChI=1S/C16H30O5/c1-2-3-4-5-6-7-9-18-11-13-20-15-16-21-14-12-19-10-8-17/h2,6-7,17H,1,3-5,8-16H2/b7-6+. The minimum atomic E-state index is 0.0487. The van der Waals surface area contributed by atoms with Crippen molar-refractivity contribution in [2.24, 2.45) is 0 Å². The zero-order valence-corrected chi connectivity index (χ0v) is 13.0. The lowest BCUT2D eigenvalue weighted by Crippen LogP contribution is -2.12. The van der Waals surface area contributed by atoms with Gasteiger partial charge in [-0.05, 0) is 19.3 Å². The van der Waals surface area contributed by atoms with Crippen molar-refractivity contribution in [1.82, 2.24) is 0 Å². The molecular weight excluding hydrogens is 272 g/mol. The Morgan fingerprint density at radius 3 is 1.86 bits per heavy atom. The van der Waals surface area contributed by atoms with Gasteiger partial charge in [0.15, 0.2) is 0 Å². The first-order chi connectivity index (χ1) is 10.4. The van der Waals surface area contributed by atoms with Gasteiger partial charge < -0.3 is 24.1 Å². The summed E-state index contributed by atoms with van der Waals surface area (Å²) in [5, 5.41) is 8.49. The van der Waals surface area contributed by atoms with Crippen LogP contribution in [0.25, 0.3) is 0 Å². The Morgan fingerprint density at radius 2 is 1.29 bits per heavy atom. The van der Waals surface area contributed by atoms with E-state index < -0.39 is 0 Å². The summed E-state index contributed by atoms with van der Waals surface area (Å²) in [6.07, 6.45) is 9.40. The second kappa shape index (κ2) is 19.3. The van der Waals surface area contributed by atoms with Crippen LogP contribution < -0.4 is 0 Å². The molecule has 0 radical (unpaired) electrons. The highest BCUT2D eigenvalue weighted by atomic mass is 16.6. The molecule has 5 heteroatoms. The van der Waals surface area contributed by atoms with Crippen molar-refractivity contribution in [2.75, 3.05) is 59.5 Å². The fraction of sp³-hybridized carbons (Fsp3) is 0.750. The molecule has 0 saturated carbocycles. The first-order valence-corrected chi connectivity index (χ1v) is 7.59. The van der Waals surface area contributed by atoms with E-state index in [9.17, 15) is 0 Å². The molecule has 0 unspecified atom stereocenters. The smallest absolute Gasteiger partial charge is 0.0704 e. The lowest BCUT2D eigenvalue weighted by Gasteiger charge is -2.06. The Morgan fingerprint density at radius 1 is 0.714 bits per heavy atom. The Bertz CT molecular complexity index is 231. The number of allylic oxidation sites excluding steroid dienone is 2. The third-order valence-corrected chi connectivity index (χ3v) is 2.51. The molecule has 1 N–H and O–H groups in total. The topological polar surface area (TPSA) is 57.2 Å². The van der Waals surface area contributed by atoms with Crippen LogP contribution in [0.15, 0.2) is 24.8 Å². The number of hydrogen-bond donors (Lipinski definition) is 1. The van der Waals surface area contributed by atoms with Crippen LogP contribution in [0.2, 0.25) is 0 Å². The van der Waals surface area contributed by atoms with Crippen LogP contribution in [0.1, 0.15) is 19.3 Å². The average Bonchev–Trinajstić information content (AvgIpc) is 2.50. The van der Waals surface area contributed by atoms with Gasteiger partial charge in [-0.15, -0.1) is 6.58 Å². The summed E-state index contributed by atoms with van der Waals surface area (Å²) < 4.78 is 21.1. The number of aliphatic hydroxyl groups excluding tert-OH is 1. The molecule has 21 heavy (non-hydrogen) atoms. The fourth-order valence-electron chi connectivity index (χ4n) is 1.44. The Labute approximate surface area is 128 Å². The predicted octanol–water partition coefficient (Wildman–Crippen LogP) is 1.96.